The lowest BCUT2D eigenvalue weighted by molar-refractivity contribution is -0.379. The Morgan fingerprint density at radius 3 is 1.38 bits per heavy atom. The van der Waals surface area contributed by atoms with E-state index in [4.69, 9.17) is 28.4 Å². The highest BCUT2D eigenvalue weighted by Crippen LogP contribution is 2.33. The second-order valence-electron chi connectivity index (χ2n) is 20.4. The van der Waals surface area contributed by atoms with Crippen LogP contribution in [-0.2, 0) is 33.2 Å². The first kappa shape index (κ1) is 69.2. The molecule has 0 saturated carbocycles. The predicted octanol–water partition coefficient (Wildman–Crippen LogP) is 4.42. The molecule has 448 valence electrons. The Morgan fingerprint density at radius 2 is 0.885 bits per heavy atom. The summed E-state index contributed by atoms with van der Waals surface area (Å²) >= 11 is 0. The van der Waals surface area contributed by atoms with Gasteiger partial charge in [0, 0.05) is 6.42 Å². The summed E-state index contributed by atoms with van der Waals surface area (Å²) in [5.74, 6) is -0.307. The molecule has 78 heavy (non-hydrogen) atoms. The highest BCUT2D eigenvalue weighted by atomic mass is 16.8. The van der Waals surface area contributed by atoms with Crippen molar-refractivity contribution in [2.75, 3.05) is 26.4 Å². The summed E-state index contributed by atoms with van der Waals surface area (Å²) in [6.07, 6.45) is 22.9. The van der Waals surface area contributed by atoms with Crippen LogP contribution < -0.4 is 5.32 Å². The Hall–Kier alpha value is -3.03. The van der Waals surface area contributed by atoms with E-state index in [1.54, 1.807) is 6.08 Å². The number of ether oxygens (including phenoxy) is 6. The van der Waals surface area contributed by atoms with Crippen LogP contribution in [0.3, 0.4) is 0 Å². The van der Waals surface area contributed by atoms with Crippen LogP contribution in [-0.4, -0.2) is 193 Å². The van der Waals surface area contributed by atoms with E-state index in [0.717, 1.165) is 89.9 Å². The number of allylic oxidation sites excluding steroid dienone is 13. The summed E-state index contributed by atoms with van der Waals surface area (Å²) < 4.78 is 34.1. The highest BCUT2D eigenvalue weighted by molar-refractivity contribution is 5.76. The number of aliphatic hydroxyl groups excluding tert-OH is 11. The minimum absolute atomic E-state index is 0.208. The van der Waals surface area contributed by atoms with E-state index in [-0.39, 0.29) is 18.9 Å². The summed E-state index contributed by atoms with van der Waals surface area (Å²) in [4.78, 5) is 13.3. The molecule has 3 aliphatic rings. The molecule has 0 aliphatic carbocycles. The fourth-order valence-corrected chi connectivity index (χ4v) is 9.19. The Kier molecular flexibility index (Phi) is 37.2. The first-order valence-corrected chi connectivity index (χ1v) is 28.8. The number of rotatable bonds is 40. The van der Waals surface area contributed by atoms with Gasteiger partial charge in [-0.25, -0.2) is 0 Å². The molecule has 0 aromatic carbocycles. The second-order valence-corrected chi connectivity index (χ2v) is 20.4. The van der Waals surface area contributed by atoms with Crippen molar-refractivity contribution in [1.29, 1.82) is 0 Å². The molecule has 3 aliphatic heterocycles. The van der Waals surface area contributed by atoms with E-state index in [9.17, 15) is 61.0 Å². The molecule has 1 amide bonds. The van der Waals surface area contributed by atoms with Crippen molar-refractivity contribution in [3.05, 3.63) is 85.1 Å². The summed E-state index contributed by atoms with van der Waals surface area (Å²) in [6, 6.07) is -0.990. The third kappa shape index (κ3) is 25.8. The lowest BCUT2D eigenvalue weighted by Crippen LogP contribution is -2.66. The minimum Gasteiger partial charge on any atom is -0.394 e. The van der Waals surface area contributed by atoms with Gasteiger partial charge in [-0.3, -0.25) is 4.79 Å². The van der Waals surface area contributed by atoms with Crippen molar-refractivity contribution in [2.24, 2.45) is 0 Å². The fraction of sp³-hybridized carbons (Fsp3) is 0.746. The molecule has 19 nitrogen and oxygen atoms in total. The van der Waals surface area contributed by atoms with Crippen LogP contribution in [0.15, 0.2) is 85.1 Å². The smallest absolute Gasteiger partial charge is 0.220 e. The normalized spacial score (nSPS) is 31.1. The molecule has 0 aromatic heterocycles. The van der Waals surface area contributed by atoms with E-state index in [1.165, 1.54) is 32.1 Å². The number of hydrogen-bond donors (Lipinski definition) is 12. The van der Waals surface area contributed by atoms with Gasteiger partial charge in [-0.05, 0) is 70.6 Å². The average Bonchev–Trinajstić information content (AvgIpc) is 3.49. The predicted molar refractivity (Wildman–Crippen MR) is 295 cm³/mol. The lowest BCUT2D eigenvalue weighted by atomic mass is 9.96. The monoisotopic (exact) mass is 1110 g/mol. The maximum absolute atomic E-state index is 13.3. The summed E-state index contributed by atoms with van der Waals surface area (Å²) in [7, 11) is 0. The molecule has 3 rings (SSSR count). The maximum Gasteiger partial charge on any atom is 0.220 e. The molecule has 0 aromatic rings. The minimum atomic E-state index is -1.98. The van der Waals surface area contributed by atoms with E-state index in [1.807, 2.05) is 6.08 Å². The molecular weight excluding hydrogens is 1010 g/mol. The molecule has 0 bridgehead atoms. The topological polar surface area (TPSA) is 307 Å². The van der Waals surface area contributed by atoms with E-state index < -0.39 is 124 Å². The number of unbranched alkanes of at least 4 members (excludes halogenated alkanes) is 12. The van der Waals surface area contributed by atoms with Crippen molar-refractivity contribution in [3.63, 3.8) is 0 Å². The number of aliphatic hydroxyl groups is 11. The van der Waals surface area contributed by atoms with Gasteiger partial charge in [-0.1, -0.05) is 157 Å². The van der Waals surface area contributed by atoms with Crippen LogP contribution >= 0.6 is 0 Å². The van der Waals surface area contributed by atoms with Gasteiger partial charge in [0.25, 0.3) is 0 Å². The average molecular weight is 1110 g/mol. The first-order chi connectivity index (χ1) is 37.8. The Labute approximate surface area is 463 Å². The molecule has 3 saturated heterocycles. The van der Waals surface area contributed by atoms with E-state index in [0.29, 0.717) is 6.42 Å². The van der Waals surface area contributed by atoms with Gasteiger partial charge < -0.3 is 89.9 Å². The van der Waals surface area contributed by atoms with Gasteiger partial charge in [0.2, 0.25) is 5.91 Å². The molecule has 17 atom stereocenters. The first-order valence-electron chi connectivity index (χ1n) is 28.8. The van der Waals surface area contributed by atoms with Gasteiger partial charge in [-0.15, -0.1) is 0 Å². The number of carbonyl (C=O) groups excluding carboxylic acids is 1. The van der Waals surface area contributed by atoms with Gasteiger partial charge in [0.1, 0.15) is 73.2 Å². The van der Waals surface area contributed by atoms with Crippen molar-refractivity contribution in [1.82, 2.24) is 5.32 Å². The van der Waals surface area contributed by atoms with Crippen molar-refractivity contribution < 1.29 is 89.4 Å². The summed E-state index contributed by atoms with van der Waals surface area (Å²) in [5.41, 5.74) is 0. The molecule has 3 fully saturated rings. The molecule has 12 N–H and O–H groups in total. The summed E-state index contributed by atoms with van der Waals surface area (Å²) in [6.45, 7) is 1.52. The van der Waals surface area contributed by atoms with Crippen LogP contribution in [0.1, 0.15) is 149 Å². The van der Waals surface area contributed by atoms with Crippen LogP contribution in [0.5, 0.6) is 0 Å². The highest BCUT2D eigenvalue weighted by Gasteiger charge is 2.53. The molecular formula is C59H99NO18. The van der Waals surface area contributed by atoms with Gasteiger partial charge >= 0.3 is 0 Å². The number of nitrogens with one attached hydrogen (secondary N) is 1. The van der Waals surface area contributed by atoms with Crippen LogP contribution in [0, 0.1) is 0 Å². The standard InChI is InChI=1S/C59H99NO18/c1-3-5-7-9-11-13-15-16-17-18-19-20-21-22-23-24-25-26-27-29-31-33-35-37-47(65)60-42(43(64)36-34-32-30-28-14-12-10-8-6-4-2)41-73-57-53(71)50(68)55(45(39-62)75-57)78-59-54(72)51(69)56(46(40-63)76-59)77-58-52(70)49(67)48(66)44(38-61)74-58/h5,7,11,13,16-17,19-20,22-23,25-26,34,36,42-46,48-59,61-64,66-72H,3-4,6,8-10,12,14-15,18,21,24,27-33,35,37-41H2,1-2H3,(H,60,65)/b7-5-,13-11-,17-16-,20-19-,23-22-,26-25-,36-34+. The Balaban J connectivity index is 1.49. The third-order valence-corrected chi connectivity index (χ3v) is 13.9. The van der Waals surface area contributed by atoms with Crippen molar-refractivity contribution in [2.45, 2.75) is 253 Å². The van der Waals surface area contributed by atoms with E-state index in [2.05, 4.69) is 92.1 Å². The lowest BCUT2D eigenvalue weighted by Gasteiger charge is -2.48. The Morgan fingerprint density at radius 1 is 0.474 bits per heavy atom. The zero-order valence-corrected chi connectivity index (χ0v) is 46.4. The molecule has 3 heterocycles. The SMILES string of the molecule is CC/C=C\C/C=C\C/C=C\C/C=C\C/C=C\C/C=C\CCCCCCC(=O)NC(COC1OC(CO)C(OC2OC(CO)C(OC3OC(CO)C(O)C(O)C3O)C(O)C2O)C(O)C1O)C(O)/C=C/CCCCCCCCCC. The number of amides is 1. The number of hydrogen-bond acceptors (Lipinski definition) is 18. The summed E-state index contributed by atoms with van der Waals surface area (Å²) in [5, 5.41) is 120. The van der Waals surface area contributed by atoms with Crippen LogP contribution in [0.25, 0.3) is 0 Å². The van der Waals surface area contributed by atoms with E-state index >= 15 is 0 Å². The van der Waals surface area contributed by atoms with Crippen LogP contribution in [0.4, 0.5) is 0 Å². The second kappa shape index (κ2) is 41.9. The Bertz CT molecular complexity index is 1750. The van der Waals surface area contributed by atoms with Crippen molar-refractivity contribution in [3.8, 4) is 0 Å². The molecule has 0 radical (unpaired) electrons. The molecule has 17 unspecified atom stereocenters. The molecule has 0 spiro atoms. The largest absolute Gasteiger partial charge is 0.394 e. The van der Waals surface area contributed by atoms with Crippen LogP contribution in [0.2, 0.25) is 0 Å². The quantitative estimate of drug-likeness (QED) is 0.0299. The van der Waals surface area contributed by atoms with Crippen molar-refractivity contribution >= 4 is 5.91 Å². The zero-order valence-electron chi connectivity index (χ0n) is 46.4. The van der Waals surface area contributed by atoms with Gasteiger partial charge in [-0.2, -0.15) is 0 Å². The third-order valence-electron chi connectivity index (χ3n) is 13.9. The zero-order chi connectivity index (χ0) is 56.9. The molecule has 19 heteroatoms. The number of carbonyl (C=O) groups is 1. The van der Waals surface area contributed by atoms with Gasteiger partial charge in [0.05, 0.1) is 38.6 Å². The fourth-order valence-electron chi connectivity index (χ4n) is 9.19. The van der Waals surface area contributed by atoms with Gasteiger partial charge in [0.15, 0.2) is 18.9 Å². The maximum atomic E-state index is 13.3.